The Labute approximate surface area is 190 Å². The summed E-state index contributed by atoms with van der Waals surface area (Å²) >= 11 is 6.09. The third-order valence-corrected chi connectivity index (χ3v) is 5.73. The van der Waals surface area contributed by atoms with E-state index < -0.39 is 5.83 Å². The maximum atomic E-state index is 14.5. The minimum atomic E-state index is -0.394. The second-order valence-corrected chi connectivity index (χ2v) is 8.09. The molecule has 1 atom stereocenters. The van der Waals surface area contributed by atoms with E-state index in [2.05, 4.69) is 25.6 Å². The minimum Gasteiger partial charge on any atom is -0.447 e. The van der Waals surface area contributed by atoms with Gasteiger partial charge < -0.3 is 30.0 Å². The first kappa shape index (κ1) is 22.3. The number of methoxy groups -OCH3 is 1. The van der Waals surface area contributed by atoms with Crippen LogP contribution in [0.25, 0.3) is 11.0 Å². The van der Waals surface area contributed by atoms with Crippen molar-refractivity contribution in [2.45, 2.75) is 25.3 Å². The zero-order valence-corrected chi connectivity index (χ0v) is 18.5. The van der Waals surface area contributed by atoms with Crippen LogP contribution >= 0.6 is 11.6 Å². The highest BCUT2D eigenvalue weighted by molar-refractivity contribution is 6.31. The van der Waals surface area contributed by atoms with Crippen LogP contribution in [0.5, 0.6) is 0 Å². The van der Waals surface area contributed by atoms with Gasteiger partial charge in [0.25, 0.3) is 0 Å². The van der Waals surface area contributed by atoms with Gasteiger partial charge in [0.2, 0.25) is 0 Å². The summed E-state index contributed by atoms with van der Waals surface area (Å²) in [7, 11) is 1.55. The lowest BCUT2D eigenvalue weighted by Gasteiger charge is -2.35. The molecule has 2 aliphatic heterocycles. The summed E-state index contributed by atoms with van der Waals surface area (Å²) in [6, 6.07) is 1.68. The monoisotopic (exact) mass is 464 g/mol. The van der Waals surface area contributed by atoms with Gasteiger partial charge in [-0.1, -0.05) is 11.6 Å². The van der Waals surface area contributed by atoms with Gasteiger partial charge >= 0.3 is 6.09 Å². The molecule has 2 aromatic heterocycles. The second kappa shape index (κ2) is 10.2. The van der Waals surface area contributed by atoms with Crippen molar-refractivity contribution in [2.75, 3.05) is 40.0 Å². The number of halogens is 2. The number of aromatic amines is 1. The van der Waals surface area contributed by atoms with Gasteiger partial charge in [-0.3, -0.25) is 0 Å². The Kier molecular flexibility index (Phi) is 7.11. The number of nitrogens with one attached hydrogen (secondary N) is 3. The number of piperidine rings is 1. The van der Waals surface area contributed by atoms with E-state index in [1.54, 1.807) is 30.5 Å². The first-order chi connectivity index (χ1) is 15.6. The summed E-state index contributed by atoms with van der Waals surface area (Å²) in [4.78, 5) is 25.9. The summed E-state index contributed by atoms with van der Waals surface area (Å²) in [6.45, 7) is 1.54. The fraction of sp³-hybridized carbons (Fsp3) is 0.476. The number of amides is 1. The largest absolute Gasteiger partial charge is 0.447 e. The van der Waals surface area contributed by atoms with Gasteiger partial charge in [-0.15, -0.1) is 0 Å². The number of hydrogen-bond donors (Lipinski definition) is 3. The molecule has 4 heterocycles. The summed E-state index contributed by atoms with van der Waals surface area (Å²) in [5.41, 5.74) is 1.42. The summed E-state index contributed by atoms with van der Waals surface area (Å²) < 4.78 is 24.7. The number of fused-ring (bicyclic) bond motifs is 1. The number of hydrogen-bond acceptors (Lipinski definition) is 7. The molecule has 1 amide bonds. The number of ether oxygens (including phenoxy) is 2. The predicted molar refractivity (Wildman–Crippen MR) is 119 cm³/mol. The van der Waals surface area contributed by atoms with Crippen molar-refractivity contribution in [3.8, 4) is 0 Å². The number of pyridine rings is 1. The number of nitrogens with zero attached hydrogens (tertiary/aromatic N) is 3. The lowest BCUT2D eigenvalue weighted by molar-refractivity contribution is 0.0528. The quantitative estimate of drug-likeness (QED) is 0.544. The number of carbonyl (C=O) groups is 1. The molecular formula is C21H26ClFN6O3. The molecule has 0 spiro atoms. The zero-order chi connectivity index (χ0) is 22.5. The van der Waals surface area contributed by atoms with Crippen LogP contribution < -0.4 is 10.6 Å². The van der Waals surface area contributed by atoms with E-state index >= 15 is 0 Å². The number of H-pyrrole nitrogens is 1. The van der Waals surface area contributed by atoms with Crippen molar-refractivity contribution in [2.24, 2.45) is 4.99 Å². The molecule has 172 valence electrons. The van der Waals surface area contributed by atoms with Gasteiger partial charge in [0.1, 0.15) is 18.1 Å². The van der Waals surface area contributed by atoms with Gasteiger partial charge in [0.15, 0.2) is 11.6 Å². The summed E-state index contributed by atoms with van der Waals surface area (Å²) in [5.74, 6) is 0.278. The Hall–Kier alpha value is -2.85. The Morgan fingerprint density at radius 1 is 1.41 bits per heavy atom. The van der Waals surface area contributed by atoms with E-state index in [4.69, 9.17) is 21.1 Å². The first-order valence-corrected chi connectivity index (χ1v) is 10.9. The number of aromatic nitrogens is 2. The highest BCUT2D eigenvalue weighted by Crippen LogP contribution is 2.23. The smallest absolute Gasteiger partial charge is 0.410 e. The Morgan fingerprint density at radius 3 is 3.12 bits per heavy atom. The van der Waals surface area contributed by atoms with Crippen LogP contribution in [0.3, 0.4) is 0 Å². The topological polar surface area (TPSA) is 104 Å². The molecule has 2 aliphatic rings. The van der Waals surface area contributed by atoms with E-state index in [-0.39, 0.29) is 31.1 Å². The lowest BCUT2D eigenvalue weighted by atomic mass is 10.0. The maximum absolute atomic E-state index is 14.5. The van der Waals surface area contributed by atoms with Crippen molar-refractivity contribution >= 4 is 34.6 Å². The molecule has 0 aliphatic carbocycles. The van der Waals surface area contributed by atoms with Gasteiger partial charge in [-0.2, -0.15) is 0 Å². The third kappa shape index (κ3) is 4.97. The van der Waals surface area contributed by atoms with Gasteiger partial charge in [-0.05, 0) is 25.3 Å². The molecule has 9 nitrogen and oxygen atoms in total. The highest BCUT2D eigenvalue weighted by atomic mass is 35.5. The molecule has 32 heavy (non-hydrogen) atoms. The van der Waals surface area contributed by atoms with Crippen LogP contribution in [0.1, 0.15) is 24.8 Å². The average Bonchev–Trinajstić information content (AvgIpc) is 3.22. The molecule has 0 saturated carbocycles. The standard InChI is InChI=1S/C21H26ClFN6O3/c1-31-6-7-32-21(30)29-5-3-2-4-14(29)10-25-20-17(23)12-27-19(28-20)16-11-26-18-15(16)8-13(22)9-24-18/h8-9,11,14,25H,2-7,10,12H2,1H3,(H,24,26)(H,27,28)/t14-/m1/s1. The van der Waals surface area contributed by atoms with Gasteiger partial charge in [0, 0.05) is 43.5 Å². The zero-order valence-electron chi connectivity index (χ0n) is 17.8. The van der Waals surface area contributed by atoms with E-state index in [0.29, 0.717) is 36.2 Å². The number of aliphatic imine (C=N–C) groups is 1. The van der Waals surface area contributed by atoms with Gasteiger partial charge in [-0.25, -0.2) is 19.2 Å². The van der Waals surface area contributed by atoms with Crippen molar-refractivity contribution in [1.29, 1.82) is 0 Å². The van der Waals surface area contributed by atoms with E-state index in [0.717, 1.165) is 30.2 Å². The number of carbonyl (C=O) groups excluding carboxylic acids is 1. The van der Waals surface area contributed by atoms with Crippen LogP contribution in [0.2, 0.25) is 5.02 Å². The molecule has 11 heteroatoms. The molecule has 1 fully saturated rings. The maximum Gasteiger partial charge on any atom is 0.410 e. The SMILES string of the molecule is COCCOC(=O)N1CCCC[C@@H]1CNC1=C(F)CNC(c2c[nH]c3ncc(Cl)cc23)=N1. The molecule has 1 saturated heterocycles. The Bertz CT molecular complexity index is 1040. The van der Waals surface area contributed by atoms with E-state index in [1.807, 2.05) is 0 Å². The number of likely N-dealkylation sites (tertiary alicyclic amines) is 1. The molecule has 0 bridgehead atoms. The van der Waals surface area contributed by atoms with Crippen LogP contribution in [0.4, 0.5) is 9.18 Å². The van der Waals surface area contributed by atoms with E-state index in [9.17, 15) is 9.18 Å². The van der Waals surface area contributed by atoms with Crippen molar-refractivity contribution in [3.63, 3.8) is 0 Å². The lowest BCUT2D eigenvalue weighted by Crippen LogP contribution is -2.49. The Morgan fingerprint density at radius 2 is 2.28 bits per heavy atom. The van der Waals surface area contributed by atoms with Crippen molar-refractivity contribution in [3.05, 3.63) is 40.7 Å². The molecule has 4 rings (SSSR count). The van der Waals surface area contributed by atoms with Crippen molar-refractivity contribution in [1.82, 2.24) is 25.5 Å². The molecule has 0 radical (unpaired) electrons. The van der Waals surface area contributed by atoms with E-state index in [1.165, 1.54) is 0 Å². The van der Waals surface area contributed by atoms with Crippen molar-refractivity contribution < 1.29 is 18.7 Å². The average molecular weight is 465 g/mol. The Balaban J connectivity index is 1.46. The highest BCUT2D eigenvalue weighted by Gasteiger charge is 2.28. The van der Waals surface area contributed by atoms with Crippen LogP contribution in [0.15, 0.2) is 35.1 Å². The number of amidine groups is 1. The normalized spacial score (nSPS) is 19.0. The number of rotatable bonds is 7. The predicted octanol–water partition coefficient (Wildman–Crippen LogP) is 2.93. The van der Waals surface area contributed by atoms with Gasteiger partial charge in [0.05, 0.1) is 24.2 Å². The summed E-state index contributed by atoms with van der Waals surface area (Å²) in [5, 5.41) is 7.39. The van der Waals surface area contributed by atoms with Crippen LogP contribution in [-0.4, -0.2) is 72.8 Å². The third-order valence-electron chi connectivity index (χ3n) is 5.52. The molecule has 0 unspecified atom stereocenters. The van der Waals surface area contributed by atoms with Crippen LogP contribution in [0, 0.1) is 0 Å². The first-order valence-electron chi connectivity index (χ1n) is 10.6. The molecular weight excluding hydrogens is 439 g/mol. The minimum absolute atomic E-state index is 0.00920. The second-order valence-electron chi connectivity index (χ2n) is 7.65. The summed E-state index contributed by atoms with van der Waals surface area (Å²) in [6.07, 6.45) is 5.66. The molecule has 0 aromatic carbocycles. The molecule has 2 aromatic rings. The van der Waals surface area contributed by atoms with Crippen LogP contribution in [-0.2, 0) is 9.47 Å². The molecule has 3 N–H and O–H groups in total. The fourth-order valence-electron chi connectivity index (χ4n) is 3.88. The fourth-order valence-corrected chi connectivity index (χ4v) is 4.04.